The van der Waals surface area contributed by atoms with Crippen molar-refractivity contribution in [3.8, 4) is 11.5 Å². The molecule has 0 spiro atoms. The van der Waals surface area contributed by atoms with E-state index in [2.05, 4.69) is 15.2 Å². The number of hydrogen-bond acceptors (Lipinski definition) is 7. The number of hydrazone groups is 1. The molecule has 0 saturated heterocycles. The molecular formula is C21H25N3O7S. The van der Waals surface area contributed by atoms with E-state index in [1.165, 1.54) is 32.4 Å². The minimum atomic E-state index is -3.99. The first-order chi connectivity index (χ1) is 15.2. The molecule has 32 heavy (non-hydrogen) atoms. The fourth-order valence-corrected chi connectivity index (χ4v) is 3.67. The summed E-state index contributed by atoms with van der Waals surface area (Å²) in [4.78, 5) is 24.4. The Hall–Kier alpha value is -3.60. The van der Waals surface area contributed by atoms with Crippen molar-refractivity contribution < 1.29 is 32.6 Å². The molecule has 2 rings (SSSR count). The zero-order valence-corrected chi connectivity index (χ0v) is 18.7. The van der Waals surface area contributed by atoms with E-state index in [-0.39, 0.29) is 35.8 Å². The highest BCUT2D eigenvalue weighted by Gasteiger charge is 2.20. The molecule has 0 atom stereocenters. The first kappa shape index (κ1) is 24.7. The van der Waals surface area contributed by atoms with Gasteiger partial charge in [0, 0.05) is 24.6 Å². The SMILES string of the molecule is COc1ccc(S(=O)(=O)N/N=C(/C)c2ccc(NC(=O)CCCC(=O)O)cc2)c(OC)c1. The number of ether oxygens (including phenoxy) is 2. The first-order valence-electron chi connectivity index (χ1n) is 9.56. The summed E-state index contributed by atoms with van der Waals surface area (Å²) in [7, 11) is -1.17. The van der Waals surface area contributed by atoms with Gasteiger partial charge in [0.25, 0.3) is 10.0 Å². The maximum atomic E-state index is 12.6. The molecule has 0 aliphatic heterocycles. The van der Waals surface area contributed by atoms with E-state index in [4.69, 9.17) is 14.6 Å². The van der Waals surface area contributed by atoms with Gasteiger partial charge >= 0.3 is 5.97 Å². The predicted molar refractivity (Wildman–Crippen MR) is 119 cm³/mol. The second-order valence-electron chi connectivity index (χ2n) is 6.68. The Morgan fingerprint density at radius 2 is 1.72 bits per heavy atom. The Morgan fingerprint density at radius 3 is 2.31 bits per heavy atom. The average molecular weight is 464 g/mol. The Morgan fingerprint density at radius 1 is 1.03 bits per heavy atom. The van der Waals surface area contributed by atoms with Gasteiger partial charge in [-0.1, -0.05) is 12.1 Å². The summed E-state index contributed by atoms with van der Waals surface area (Å²) in [5.74, 6) is -0.661. The third-order valence-corrected chi connectivity index (χ3v) is 5.62. The number of nitrogens with one attached hydrogen (secondary N) is 2. The number of benzene rings is 2. The molecule has 0 unspecified atom stereocenters. The summed E-state index contributed by atoms with van der Waals surface area (Å²) < 4.78 is 35.5. The van der Waals surface area contributed by atoms with Crippen LogP contribution in [-0.4, -0.2) is 45.3 Å². The van der Waals surface area contributed by atoms with Gasteiger partial charge in [-0.3, -0.25) is 9.59 Å². The quantitative estimate of drug-likeness (QED) is 0.343. The second-order valence-corrected chi connectivity index (χ2v) is 8.31. The van der Waals surface area contributed by atoms with Gasteiger partial charge in [-0.25, -0.2) is 0 Å². The van der Waals surface area contributed by atoms with Gasteiger partial charge < -0.3 is 19.9 Å². The molecule has 0 heterocycles. The second kappa shape index (κ2) is 11.1. The van der Waals surface area contributed by atoms with E-state index in [0.29, 0.717) is 22.7 Å². The lowest BCUT2D eigenvalue weighted by Gasteiger charge is -2.11. The minimum absolute atomic E-state index is 0.0691. The lowest BCUT2D eigenvalue weighted by Crippen LogP contribution is -2.20. The minimum Gasteiger partial charge on any atom is -0.497 e. The molecule has 1 amide bonds. The number of nitrogens with zero attached hydrogens (tertiary/aromatic N) is 1. The van der Waals surface area contributed by atoms with Crippen LogP contribution in [0.4, 0.5) is 5.69 Å². The van der Waals surface area contributed by atoms with Gasteiger partial charge in [-0.2, -0.15) is 18.4 Å². The van der Waals surface area contributed by atoms with Crippen molar-refractivity contribution in [2.75, 3.05) is 19.5 Å². The van der Waals surface area contributed by atoms with Gasteiger partial charge in [-0.05, 0) is 43.2 Å². The molecule has 172 valence electrons. The van der Waals surface area contributed by atoms with Crippen LogP contribution in [0.3, 0.4) is 0 Å². The summed E-state index contributed by atoms with van der Waals surface area (Å²) in [5.41, 5.74) is 1.57. The van der Waals surface area contributed by atoms with Crippen LogP contribution >= 0.6 is 0 Å². The lowest BCUT2D eigenvalue weighted by molar-refractivity contribution is -0.137. The zero-order valence-electron chi connectivity index (χ0n) is 17.9. The fourth-order valence-electron chi connectivity index (χ4n) is 2.66. The molecule has 2 aromatic rings. The van der Waals surface area contributed by atoms with E-state index in [9.17, 15) is 18.0 Å². The van der Waals surface area contributed by atoms with Crippen molar-refractivity contribution in [3.05, 3.63) is 48.0 Å². The van der Waals surface area contributed by atoms with Crippen LogP contribution in [0.1, 0.15) is 31.7 Å². The van der Waals surface area contributed by atoms with E-state index in [1.807, 2.05) is 0 Å². The molecule has 0 radical (unpaired) electrons. The lowest BCUT2D eigenvalue weighted by atomic mass is 10.1. The molecule has 0 aliphatic rings. The third kappa shape index (κ3) is 6.98. The van der Waals surface area contributed by atoms with Crippen LogP contribution in [0.15, 0.2) is 52.5 Å². The van der Waals surface area contributed by atoms with Crippen LogP contribution in [0.5, 0.6) is 11.5 Å². The molecule has 10 nitrogen and oxygen atoms in total. The van der Waals surface area contributed by atoms with Crippen molar-refractivity contribution >= 4 is 33.3 Å². The Labute approximate surface area is 186 Å². The van der Waals surface area contributed by atoms with Gasteiger partial charge in [0.15, 0.2) is 0 Å². The number of carbonyl (C=O) groups is 2. The van der Waals surface area contributed by atoms with Crippen LogP contribution < -0.4 is 19.6 Å². The van der Waals surface area contributed by atoms with Crippen LogP contribution in [0, 0.1) is 0 Å². The Balaban J connectivity index is 2.05. The van der Waals surface area contributed by atoms with Crippen molar-refractivity contribution in [2.24, 2.45) is 5.10 Å². The number of aliphatic carboxylic acids is 1. The summed E-state index contributed by atoms with van der Waals surface area (Å²) in [5, 5.41) is 15.2. The number of anilines is 1. The topological polar surface area (TPSA) is 143 Å². The predicted octanol–water partition coefficient (Wildman–Crippen LogP) is 2.60. The summed E-state index contributed by atoms with van der Waals surface area (Å²) in [6, 6.07) is 11.0. The van der Waals surface area contributed by atoms with E-state index >= 15 is 0 Å². The van der Waals surface area contributed by atoms with Crippen molar-refractivity contribution in [2.45, 2.75) is 31.1 Å². The number of carboxylic acid groups (broad SMARTS) is 1. The maximum Gasteiger partial charge on any atom is 0.303 e. The average Bonchev–Trinajstić information content (AvgIpc) is 2.77. The number of carboxylic acids is 1. The monoisotopic (exact) mass is 463 g/mol. The van der Waals surface area contributed by atoms with Gasteiger partial charge in [-0.15, -0.1) is 0 Å². The van der Waals surface area contributed by atoms with Crippen LogP contribution in [0.2, 0.25) is 0 Å². The van der Waals surface area contributed by atoms with Gasteiger partial charge in [0.2, 0.25) is 5.91 Å². The van der Waals surface area contributed by atoms with Crippen LogP contribution in [0.25, 0.3) is 0 Å². The molecule has 11 heteroatoms. The van der Waals surface area contributed by atoms with Crippen molar-refractivity contribution in [1.82, 2.24) is 4.83 Å². The van der Waals surface area contributed by atoms with E-state index in [0.717, 1.165) is 0 Å². The standard InChI is InChI=1S/C21H25N3O7S/c1-14(15-7-9-16(10-8-15)22-20(25)5-4-6-21(26)27)23-24-32(28,29)19-12-11-17(30-2)13-18(19)31-3/h7-13,24H,4-6H2,1-3H3,(H,22,25)(H,26,27)/b23-14-. The van der Waals surface area contributed by atoms with E-state index in [1.54, 1.807) is 31.2 Å². The largest absolute Gasteiger partial charge is 0.497 e. The van der Waals surface area contributed by atoms with E-state index < -0.39 is 16.0 Å². The molecular weight excluding hydrogens is 438 g/mol. The number of amides is 1. The number of methoxy groups -OCH3 is 2. The zero-order chi connectivity index (χ0) is 23.7. The molecule has 3 N–H and O–H groups in total. The summed E-state index contributed by atoms with van der Waals surface area (Å²) >= 11 is 0. The van der Waals surface area contributed by atoms with Gasteiger partial charge in [0.1, 0.15) is 16.4 Å². The molecule has 0 aliphatic carbocycles. The first-order valence-corrected chi connectivity index (χ1v) is 11.0. The smallest absolute Gasteiger partial charge is 0.303 e. The van der Waals surface area contributed by atoms with Crippen molar-refractivity contribution in [1.29, 1.82) is 0 Å². The summed E-state index contributed by atoms with van der Waals surface area (Å²) in [6.45, 7) is 1.63. The highest BCUT2D eigenvalue weighted by Crippen LogP contribution is 2.28. The number of carbonyl (C=O) groups excluding carboxylic acids is 1. The van der Waals surface area contributed by atoms with Gasteiger partial charge in [0.05, 0.1) is 19.9 Å². The Kier molecular flexibility index (Phi) is 8.59. The third-order valence-electron chi connectivity index (χ3n) is 4.37. The molecule has 2 aromatic carbocycles. The Bertz CT molecular complexity index is 1100. The molecule has 0 fully saturated rings. The molecule has 0 bridgehead atoms. The highest BCUT2D eigenvalue weighted by atomic mass is 32.2. The number of hydrogen-bond donors (Lipinski definition) is 3. The summed E-state index contributed by atoms with van der Waals surface area (Å²) in [6.07, 6.45) is 0.287. The van der Waals surface area contributed by atoms with Crippen molar-refractivity contribution in [3.63, 3.8) is 0 Å². The normalized spacial score (nSPS) is 11.5. The maximum absolute atomic E-state index is 12.6. The number of rotatable bonds is 11. The molecule has 0 saturated carbocycles. The fraction of sp³-hybridized carbons (Fsp3) is 0.286. The van der Waals surface area contributed by atoms with Crippen LogP contribution in [-0.2, 0) is 19.6 Å². The highest BCUT2D eigenvalue weighted by molar-refractivity contribution is 7.89. The molecule has 0 aromatic heterocycles. The number of sulfonamides is 1.